The van der Waals surface area contributed by atoms with Crippen molar-refractivity contribution >= 4 is 21.8 Å². The molecule has 0 spiro atoms. The van der Waals surface area contributed by atoms with Crippen molar-refractivity contribution in [3.05, 3.63) is 0 Å². The maximum Gasteiger partial charge on any atom is 0.325 e. The first-order chi connectivity index (χ1) is 7.41. The highest BCUT2D eigenvalue weighted by atomic mass is 32.2. The van der Waals surface area contributed by atoms with Crippen molar-refractivity contribution in [2.45, 2.75) is 45.8 Å². The molecular weight excluding hydrogens is 246 g/mol. The SMILES string of the molecule is CC(=O)C[C@H](NS(C)(=O)=O)C(=O)OC(C)(C)C. The van der Waals surface area contributed by atoms with Gasteiger partial charge in [-0.05, 0) is 27.7 Å². The van der Waals surface area contributed by atoms with Crippen LogP contribution in [-0.2, 0) is 24.3 Å². The molecule has 17 heavy (non-hydrogen) atoms. The fraction of sp³-hybridized carbons (Fsp3) is 0.800. The molecule has 0 aromatic heterocycles. The summed E-state index contributed by atoms with van der Waals surface area (Å²) in [4.78, 5) is 22.6. The van der Waals surface area contributed by atoms with Crippen LogP contribution in [0.4, 0.5) is 0 Å². The summed E-state index contributed by atoms with van der Waals surface area (Å²) in [6.45, 7) is 6.27. The van der Waals surface area contributed by atoms with Crippen LogP contribution in [-0.4, -0.2) is 38.1 Å². The molecule has 0 aliphatic rings. The standard InChI is InChI=1S/C10H19NO5S/c1-7(12)6-8(11-17(5,14)15)9(13)16-10(2,3)4/h8,11H,6H2,1-5H3/t8-/m0/s1. The quantitative estimate of drug-likeness (QED) is 0.718. The van der Waals surface area contributed by atoms with Gasteiger partial charge in [0.05, 0.1) is 6.26 Å². The van der Waals surface area contributed by atoms with Gasteiger partial charge in [0.25, 0.3) is 0 Å². The van der Waals surface area contributed by atoms with E-state index in [-0.39, 0.29) is 12.2 Å². The zero-order valence-electron chi connectivity index (χ0n) is 10.7. The summed E-state index contributed by atoms with van der Waals surface area (Å²) >= 11 is 0. The molecule has 0 saturated heterocycles. The van der Waals surface area contributed by atoms with E-state index in [2.05, 4.69) is 4.72 Å². The summed E-state index contributed by atoms with van der Waals surface area (Å²) < 4.78 is 29.2. The van der Waals surface area contributed by atoms with Crippen molar-refractivity contribution in [1.82, 2.24) is 4.72 Å². The molecule has 0 radical (unpaired) electrons. The van der Waals surface area contributed by atoms with E-state index in [1.807, 2.05) is 0 Å². The lowest BCUT2D eigenvalue weighted by Gasteiger charge is -2.23. The minimum absolute atomic E-state index is 0.220. The van der Waals surface area contributed by atoms with Gasteiger partial charge in [-0.25, -0.2) is 13.1 Å². The zero-order chi connectivity index (χ0) is 13.9. The molecule has 0 aromatic rings. The molecule has 0 heterocycles. The first-order valence-corrected chi connectivity index (χ1v) is 6.99. The number of ether oxygens (including phenoxy) is 1. The van der Waals surface area contributed by atoms with E-state index in [1.54, 1.807) is 20.8 Å². The zero-order valence-corrected chi connectivity index (χ0v) is 11.6. The molecule has 7 heteroatoms. The van der Waals surface area contributed by atoms with Gasteiger partial charge >= 0.3 is 5.97 Å². The van der Waals surface area contributed by atoms with Crippen molar-refractivity contribution in [3.8, 4) is 0 Å². The van der Waals surface area contributed by atoms with Gasteiger partial charge in [-0.2, -0.15) is 0 Å². The monoisotopic (exact) mass is 265 g/mol. The molecule has 0 bridgehead atoms. The lowest BCUT2D eigenvalue weighted by molar-refractivity contribution is -0.157. The number of rotatable bonds is 5. The minimum atomic E-state index is -3.57. The van der Waals surface area contributed by atoms with Crippen molar-refractivity contribution in [3.63, 3.8) is 0 Å². The van der Waals surface area contributed by atoms with Gasteiger partial charge in [0.15, 0.2) is 0 Å². The average Bonchev–Trinajstić information content (AvgIpc) is 1.95. The Balaban J connectivity index is 4.80. The van der Waals surface area contributed by atoms with E-state index in [9.17, 15) is 18.0 Å². The molecule has 0 amide bonds. The molecular formula is C10H19NO5S. The van der Waals surface area contributed by atoms with Gasteiger partial charge in [0.2, 0.25) is 10.0 Å². The highest BCUT2D eigenvalue weighted by molar-refractivity contribution is 7.88. The second kappa shape index (κ2) is 5.59. The summed E-state index contributed by atoms with van der Waals surface area (Å²) in [5.41, 5.74) is -0.731. The predicted octanol–water partition coefficient (Wildman–Crippen LogP) is 0.225. The first kappa shape index (κ1) is 16.1. The van der Waals surface area contributed by atoms with E-state index in [0.29, 0.717) is 0 Å². The predicted molar refractivity (Wildman–Crippen MR) is 62.9 cm³/mol. The number of esters is 1. The van der Waals surface area contributed by atoms with Crippen LogP contribution in [0.1, 0.15) is 34.1 Å². The Morgan fingerprint density at radius 3 is 2.06 bits per heavy atom. The lowest BCUT2D eigenvalue weighted by atomic mass is 10.1. The van der Waals surface area contributed by atoms with Gasteiger partial charge in [-0.15, -0.1) is 0 Å². The highest BCUT2D eigenvalue weighted by Crippen LogP contribution is 2.10. The fourth-order valence-corrected chi connectivity index (χ4v) is 1.79. The third-order valence-electron chi connectivity index (χ3n) is 1.54. The van der Waals surface area contributed by atoms with Crippen LogP contribution in [0.3, 0.4) is 0 Å². The number of Topliss-reactive ketones (excluding diaryl/α,β-unsaturated/α-hetero) is 1. The number of carbonyl (C=O) groups is 2. The Bertz CT molecular complexity index is 393. The maximum absolute atomic E-state index is 11.7. The third-order valence-corrected chi connectivity index (χ3v) is 2.25. The van der Waals surface area contributed by atoms with E-state index < -0.39 is 27.6 Å². The van der Waals surface area contributed by atoms with E-state index >= 15 is 0 Å². The number of ketones is 1. The van der Waals surface area contributed by atoms with Gasteiger partial charge < -0.3 is 4.74 Å². The van der Waals surface area contributed by atoms with Crippen molar-refractivity contribution < 1.29 is 22.7 Å². The number of hydrogen-bond donors (Lipinski definition) is 1. The number of hydrogen-bond acceptors (Lipinski definition) is 5. The summed E-state index contributed by atoms with van der Waals surface area (Å²) in [5, 5.41) is 0. The molecule has 1 N–H and O–H groups in total. The summed E-state index contributed by atoms with van der Waals surface area (Å²) in [6, 6.07) is -1.17. The van der Waals surface area contributed by atoms with Crippen molar-refractivity contribution in [2.75, 3.05) is 6.26 Å². The Kier molecular flexibility index (Phi) is 5.28. The average molecular weight is 265 g/mol. The Labute approximate surface area is 102 Å². The van der Waals surface area contributed by atoms with Crippen LogP contribution in [0.5, 0.6) is 0 Å². The van der Waals surface area contributed by atoms with Crippen LogP contribution in [0.15, 0.2) is 0 Å². The molecule has 0 fully saturated rings. The molecule has 0 saturated carbocycles. The van der Waals surface area contributed by atoms with E-state index in [4.69, 9.17) is 4.74 Å². The van der Waals surface area contributed by atoms with Crippen LogP contribution >= 0.6 is 0 Å². The minimum Gasteiger partial charge on any atom is -0.459 e. The topological polar surface area (TPSA) is 89.5 Å². The first-order valence-electron chi connectivity index (χ1n) is 5.10. The molecule has 0 aromatic carbocycles. The highest BCUT2D eigenvalue weighted by Gasteiger charge is 2.28. The maximum atomic E-state index is 11.7. The van der Waals surface area contributed by atoms with Crippen molar-refractivity contribution in [2.24, 2.45) is 0 Å². The van der Waals surface area contributed by atoms with Gasteiger partial charge in [0, 0.05) is 6.42 Å². The van der Waals surface area contributed by atoms with Crippen LogP contribution in [0.2, 0.25) is 0 Å². The molecule has 0 aliphatic carbocycles. The molecule has 0 rings (SSSR count). The molecule has 0 unspecified atom stereocenters. The smallest absolute Gasteiger partial charge is 0.325 e. The van der Waals surface area contributed by atoms with Crippen LogP contribution < -0.4 is 4.72 Å². The third kappa shape index (κ3) is 8.82. The fourth-order valence-electron chi connectivity index (χ4n) is 1.09. The largest absolute Gasteiger partial charge is 0.459 e. The lowest BCUT2D eigenvalue weighted by Crippen LogP contribution is -2.44. The van der Waals surface area contributed by atoms with E-state index in [0.717, 1.165) is 6.26 Å². The molecule has 0 aliphatic heterocycles. The van der Waals surface area contributed by atoms with Crippen LogP contribution in [0.25, 0.3) is 0 Å². The Morgan fingerprint density at radius 2 is 1.76 bits per heavy atom. The summed E-state index contributed by atoms with van der Waals surface area (Å²) in [6.07, 6.45) is 0.701. The Hall–Kier alpha value is -0.950. The second-order valence-electron chi connectivity index (χ2n) is 4.88. The Morgan fingerprint density at radius 1 is 1.29 bits per heavy atom. The molecule has 1 atom stereocenters. The second-order valence-corrected chi connectivity index (χ2v) is 6.66. The number of carbonyl (C=O) groups excluding carboxylic acids is 2. The summed E-state index contributed by atoms with van der Waals surface area (Å²) in [5.74, 6) is -1.05. The van der Waals surface area contributed by atoms with Gasteiger partial charge in [-0.1, -0.05) is 0 Å². The van der Waals surface area contributed by atoms with Crippen molar-refractivity contribution in [1.29, 1.82) is 0 Å². The number of sulfonamides is 1. The normalized spacial score (nSPS) is 14.2. The van der Waals surface area contributed by atoms with E-state index in [1.165, 1.54) is 6.92 Å². The van der Waals surface area contributed by atoms with Crippen LogP contribution in [0, 0.1) is 0 Å². The van der Waals surface area contributed by atoms with Gasteiger partial charge in [-0.3, -0.25) is 9.59 Å². The van der Waals surface area contributed by atoms with Gasteiger partial charge in [0.1, 0.15) is 17.4 Å². The number of nitrogens with one attached hydrogen (secondary N) is 1. The molecule has 100 valence electrons. The summed E-state index contributed by atoms with van der Waals surface area (Å²) in [7, 11) is -3.57. The molecule has 6 nitrogen and oxygen atoms in total.